The van der Waals surface area contributed by atoms with Gasteiger partial charge in [0, 0.05) is 12.3 Å². The molecule has 4 nitrogen and oxygen atoms in total. The maximum absolute atomic E-state index is 5.45. The number of aromatic nitrogens is 2. The van der Waals surface area contributed by atoms with Crippen molar-refractivity contribution in [3.63, 3.8) is 0 Å². The minimum Gasteiger partial charge on any atom is -0.339 e. The molecule has 1 aromatic rings. The Labute approximate surface area is 121 Å². The summed E-state index contributed by atoms with van der Waals surface area (Å²) in [5, 5.41) is 7.64. The van der Waals surface area contributed by atoms with E-state index in [1.807, 2.05) is 0 Å². The first-order chi connectivity index (χ1) is 9.85. The molecule has 20 heavy (non-hydrogen) atoms. The lowest BCUT2D eigenvalue weighted by Crippen LogP contribution is -2.13. The van der Waals surface area contributed by atoms with Gasteiger partial charge in [0.1, 0.15) is 0 Å². The van der Waals surface area contributed by atoms with Gasteiger partial charge in [0.05, 0.1) is 0 Å². The van der Waals surface area contributed by atoms with Gasteiger partial charge in [-0.2, -0.15) is 4.98 Å². The van der Waals surface area contributed by atoms with Gasteiger partial charge in [-0.25, -0.2) is 0 Å². The van der Waals surface area contributed by atoms with Gasteiger partial charge in [0.15, 0.2) is 5.82 Å². The predicted octanol–water partition coefficient (Wildman–Crippen LogP) is 3.30. The average Bonchev–Trinajstić information content (AvgIpc) is 3.17. The van der Waals surface area contributed by atoms with E-state index in [2.05, 4.69) is 22.4 Å². The van der Waals surface area contributed by atoms with Crippen LogP contribution in [0.3, 0.4) is 0 Å². The largest absolute Gasteiger partial charge is 0.339 e. The monoisotopic (exact) mass is 277 g/mol. The molecule has 112 valence electrons. The molecule has 0 amide bonds. The van der Waals surface area contributed by atoms with E-state index >= 15 is 0 Å². The van der Waals surface area contributed by atoms with Crippen LogP contribution in [0.15, 0.2) is 4.52 Å². The first kappa shape index (κ1) is 14.1. The Hall–Kier alpha value is -0.900. The van der Waals surface area contributed by atoms with Crippen LogP contribution >= 0.6 is 0 Å². The number of nitrogens with one attached hydrogen (secondary N) is 1. The lowest BCUT2D eigenvalue weighted by molar-refractivity contribution is 0.302. The molecule has 0 spiro atoms. The van der Waals surface area contributed by atoms with Gasteiger partial charge in [-0.05, 0) is 63.5 Å². The van der Waals surface area contributed by atoms with Crippen LogP contribution in [0.5, 0.6) is 0 Å². The zero-order chi connectivity index (χ0) is 13.8. The molecule has 1 N–H and O–H groups in total. The topological polar surface area (TPSA) is 51.0 Å². The quantitative estimate of drug-likeness (QED) is 0.897. The van der Waals surface area contributed by atoms with E-state index in [-0.39, 0.29) is 0 Å². The molecule has 1 saturated heterocycles. The summed E-state index contributed by atoms with van der Waals surface area (Å²) < 4.78 is 5.45. The summed E-state index contributed by atoms with van der Waals surface area (Å²) in [7, 11) is 0. The van der Waals surface area contributed by atoms with Crippen LogP contribution in [0.2, 0.25) is 0 Å². The van der Waals surface area contributed by atoms with Crippen LogP contribution < -0.4 is 5.32 Å². The first-order valence-electron chi connectivity index (χ1n) is 8.38. The normalized spacial score (nSPS) is 30.8. The highest BCUT2D eigenvalue weighted by atomic mass is 16.5. The smallest absolute Gasteiger partial charge is 0.226 e. The van der Waals surface area contributed by atoms with Crippen molar-refractivity contribution < 1.29 is 4.52 Å². The molecule has 0 radical (unpaired) electrons. The van der Waals surface area contributed by atoms with Crippen LogP contribution in [-0.2, 0) is 6.42 Å². The molecule has 2 heterocycles. The van der Waals surface area contributed by atoms with E-state index in [1.165, 1.54) is 51.5 Å². The van der Waals surface area contributed by atoms with Crippen molar-refractivity contribution in [3.8, 4) is 0 Å². The highest BCUT2D eigenvalue weighted by Crippen LogP contribution is 2.35. The van der Waals surface area contributed by atoms with Crippen molar-refractivity contribution in [1.82, 2.24) is 15.5 Å². The minimum absolute atomic E-state index is 0.545. The fourth-order valence-electron chi connectivity index (χ4n) is 3.65. The third-order valence-corrected chi connectivity index (χ3v) is 5.20. The van der Waals surface area contributed by atoms with Gasteiger partial charge in [-0.15, -0.1) is 0 Å². The van der Waals surface area contributed by atoms with Gasteiger partial charge in [-0.3, -0.25) is 0 Å². The summed E-state index contributed by atoms with van der Waals surface area (Å²) in [6.45, 7) is 4.62. The molecule has 1 saturated carbocycles. The Balaban J connectivity index is 1.49. The Bertz CT molecular complexity index is 404. The van der Waals surface area contributed by atoms with Crippen molar-refractivity contribution in [2.24, 2.45) is 11.8 Å². The van der Waals surface area contributed by atoms with Gasteiger partial charge in [0.25, 0.3) is 0 Å². The van der Waals surface area contributed by atoms with Crippen LogP contribution in [0.1, 0.15) is 69.5 Å². The molecule has 3 rings (SSSR count). The molecule has 1 unspecified atom stereocenters. The Morgan fingerprint density at radius 1 is 1.15 bits per heavy atom. The second kappa shape index (κ2) is 6.70. The van der Waals surface area contributed by atoms with Crippen molar-refractivity contribution in [2.75, 3.05) is 13.1 Å². The highest BCUT2D eigenvalue weighted by molar-refractivity contribution is 4.98. The Morgan fingerprint density at radius 2 is 2.00 bits per heavy atom. The molecule has 2 aliphatic rings. The minimum atomic E-state index is 0.545. The molecule has 1 aliphatic carbocycles. The number of hydrogen-bond donors (Lipinski definition) is 1. The second-order valence-electron chi connectivity index (χ2n) is 6.57. The molecule has 1 aromatic heterocycles. The van der Waals surface area contributed by atoms with Crippen LogP contribution in [0, 0.1) is 11.8 Å². The summed E-state index contributed by atoms with van der Waals surface area (Å²) in [6.07, 6.45) is 9.88. The summed E-state index contributed by atoms with van der Waals surface area (Å²) in [6, 6.07) is 0. The summed E-state index contributed by atoms with van der Waals surface area (Å²) in [5.74, 6) is 4.09. The fraction of sp³-hybridized carbons (Fsp3) is 0.875. The predicted molar refractivity (Wildman–Crippen MR) is 78.6 cm³/mol. The molecule has 0 bridgehead atoms. The zero-order valence-corrected chi connectivity index (χ0v) is 12.6. The van der Waals surface area contributed by atoms with Crippen molar-refractivity contribution in [2.45, 2.75) is 64.2 Å². The number of hydrogen-bond acceptors (Lipinski definition) is 4. The van der Waals surface area contributed by atoms with Crippen molar-refractivity contribution >= 4 is 0 Å². The second-order valence-corrected chi connectivity index (χ2v) is 6.57. The van der Waals surface area contributed by atoms with Crippen LogP contribution in [-0.4, -0.2) is 23.2 Å². The first-order valence-corrected chi connectivity index (χ1v) is 8.38. The third kappa shape index (κ3) is 3.40. The molecule has 1 aliphatic heterocycles. The Kier molecular flexibility index (Phi) is 4.71. The van der Waals surface area contributed by atoms with E-state index in [1.54, 1.807) is 0 Å². The molecular formula is C16H27N3O. The van der Waals surface area contributed by atoms with Crippen LogP contribution in [0.4, 0.5) is 0 Å². The van der Waals surface area contributed by atoms with E-state index < -0.39 is 0 Å². The Morgan fingerprint density at radius 3 is 2.70 bits per heavy atom. The van der Waals surface area contributed by atoms with E-state index in [0.717, 1.165) is 36.5 Å². The zero-order valence-electron chi connectivity index (χ0n) is 12.6. The summed E-state index contributed by atoms with van der Waals surface area (Å²) >= 11 is 0. The van der Waals surface area contributed by atoms with Gasteiger partial charge in [0.2, 0.25) is 5.89 Å². The number of rotatable bonds is 5. The number of nitrogens with zero attached hydrogens (tertiary/aromatic N) is 2. The van der Waals surface area contributed by atoms with Gasteiger partial charge < -0.3 is 9.84 Å². The fourth-order valence-corrected chi connectivity index (χ4v) is 3.65. The maximum Gasteiger partial charge on any atom is 0.226 e. The lowest BCUT2D eigenvalue weighted by Gasteiger charge is -2.25. The van der Waals surface area contributed by atoms with Crippen molar-refractivity contribution in [3.05, 3.63) is 11.7 Å². The molecule has 1 atom stereocenters. The SMILES string of the molecule is CCC1CCC(c2noc(CCC3CCNC3)n2)CC1. The van der Waals surface area contributed by atoms with E-state index in [4.69, 9.17) is 4.52 Å². The standard InChI is InChI=1S/C16H27N3O/c1-2-12-3-6-14(7-4-12)16-18-15(20-19-16)8-5-13-9-10-17-11-13/h12-14,17H,2-11H2,1H3. The average molecular weight is 277 g/mol. The summed E-state index contributed by atoms with van der Waals surface area (Å²) in [5.41, 5.74) is 0. The molecule has 4 heteroatoms. The third-order valence-electron chi connectivity index (χ3n) is 5.20. The van der Waals surface area contributed by atoms with Gasteiger partial charge >= 0.3 is 0 Å². The maximum atomic E-state index is 5.45. The van der Waals surface area contributed by atoms with Crippen LogP contribution in [0.25, 0.3) is 0 Å². The molecule has 2 fully saturated rings. The van der Waals surface area contributed by atoms with E-state index in [9.17, 15) is 0 Å². The highest BCUT2D eigenvalue weighted by Gasteiger charge is 2.25. The van der Waals surface area contributed by atoms with Crippen molar-refractivity contribution in [1.29, 1.82) is 0 Å². The summed E-state index contributed by atoms with van der Waals surface area (Å²) in [4.78, 5) is 4.65. The number of aryl methyl sites for hydroxylation is 1. The molecular weight excluding hydrogens is 250 g/mol. The van der Waals surface area contributed by atoms with Gasteiger partial charge in [-0.1, -0.05) is 18.5 Å². The van der Waals surface area contributed by atoms with E-state index in [0.29, 0.717) is 5.92 Å². The lowest BCUT2D eigenvalue weighted by atomic mass is 9.80. The molecule has 0 aromatic carbocycles.